The first-order valence-corrected chi connectivity index (χ1v) is 8.20. The van der Waals surface area contributed by atoms with Gasteiger partial charge in [-0.1, -0.05) is 11.6 Å². The number of aromatic nitrogens is 2. The zero-order valence-corrected chi connectivity index (χ0v) is 13.9. The molecule has 5 nitrogen and oxygen atoms in total. The molecule has 0 unspecified atom stereocenters. The van der Waals surface area contributed by atoms with E-state index in [-0.39, 0.29) is 12.1 Å². The van der Waals surface area contributed by atoms with Gasteiger partial charge in [-0.3, -0.25) is 0 Å². The lowest BCUT2D eigenvalue weighted by Crippen LogP contribution is -2.39. The topological polar surface area (TPSA) is 50.3 Å². The van der Waals surface area contributed by atoms with Crippen molar-refractivity contribution in [3.63, 3.8) is 0 Å². The molecular formula is C15H18ClN3O2S. The van der Waals surface area contributed by atoms with Crippen LogP contribution in [-0.4, -0.2) is 40.2 Å². The van der Waals surface area contributed by atoms with Gasteiger partial charge in [0.05, 0.1) is 17.6 Å². The van der Waals surface area contributed by atoms with Crippen LogP contribution in [0.5, 0.6) is 0 Å². The van der Waals surface area contributed by atoms with Gasteiger partial charge in [0, 0.05) is 24.2 Å². The van der Waals surface area contributed by atoms with Crippen molar-refractivity contribution in [3.05, 3.63) is 28.0 Å². The molecule has 118 valence electrons. The van der Waals surface area contributed by atoms with Crippen molar-refractivity contribution in [1.82, 2.24) is 14.5 Å². The van der Waals surface area contributed by atoms with Crippen molar-refractivity contribution in [1.29, 1.82) is 0 Å². The number of imidazole rings is 1. The second kappa shape index (κ2) is 6.30. The highest BCUT2D eigenvalue weighted by atomic mass is 35.5. The van der Waals surface area contributed by atoms with Crippen LogP contribution in [0.2, 0.25) is 5.02 Å². The van der Waals surface area contributed by atoms with Crippen LogP contribution in [0.25, 0.3) is 11.0 Å². The number of piperidine rings is 1. The Kier molecular flexibility index (Phi) is 4.40. The van der Waals surface area contributed by atoms with Gasteiger partial charge in [0.15, 0.2) is 4.77 Å². The summed E-state index contributed by atoms with van der Waals surface area (Å²) in [6.45, 7) is 3.58. The van der Waals surface area contributed by atoms with Crippen molar-refractivity contribution in [2.45, 2.75) is 25.8 Å². The Bertz CT molecular complexity index is 747. The van der Waals surface area contributed by atoms with E-state index in [2.05, 4.69) is 9.55 Å². The van der Waals surface area contributed by atoms with Crippen LogP contribution in [0.4, 0.5) is 4.79 Å². The van der Waals surface area contributed by atoms with Crippen molar-refractivity contribution in [3.8, 4) is 0 Å². The molecule has 2 heterocycles. The van der Waals surface area contributed by atoms with E-state index in [1.165, 1.54) is 0 Å². The van der Waals surface area contributed by atoms with Crippen LogP contribution in [0.1, 0.15) is 25.8 Å². The number of carbonyl (C=O) groups excluding carboxylic acids is 1. The number of aromatic amines is 1. The number of fused-ring (bicyclic) bond motifs is 1. The molecule has 1 fully saturated rings. The van der Waals surface area contributed by atoms with Gasteiger partial charge in [-0.2, -0.15) is 0 Å². The molecule has 0 aliphatic carbocycles. The molecule has 1 aromatic carbocycles. The second-order valence-corrected chi connectivity index (χ2v) is 6.20. The average Bonchev–Trinajstić information content (AvgIpc) is 2.83. The molecule has 3 rings (SSSR count). The van der Waals surface area contributed by atoms with E-state index < -0.39 is 0 Å². The molecule has 0 saturated carbocycles. The first-order valence-electron chi connectivity index (χ1n) is 7.41. The zero-order chi connectivity index (χ0) is 15.7. The molecular weight excluding hydrogens is 322 g/mol. The molecule has 2 aromatic rings. The first kappa shape index (κ1) is 15.4. The summed E-state index contributed by atoms with van der Waals surface area (Å²) < 4.78 is 7.88. The van der Waals surface area contributed by atoms with E-state index in [0.29, 0.717) is 29.5 Å². The highest BCUT2D eigenvalue weighted by Crippen LogP contribution is 2.29. The lowest BCUT2D eigenvalue weighted by atomic mass is 10.1. The number of H-pyrrole nitrogens is 1. The fraction of sp³-hybridized carbons (Fsp3) is 0.467. The summed E-state index contributed by atoms with van der Waals surface area (Å²) in [4.78, 5) is 16.7. The van der Waals surface area contributed by atoms with Gasteiger partial charge in [-0.15, -0.1) is 0 Å². The highest BCUT2D eigenvalue weighted by molar-refractivity contribution is 7.71. The number of ether oxygens (including phenoxy) is 1. The van der Waals surface area contributed by atoms with Crippen molar-refractivity contribution in [2.75, 3.05) is 19.7 Å². The molecule has 1 saturated heterocycles. The molecule has 1 N–H and O–H groups in total. The van der Waals surface area contributed by atoms with Crippen LogP contribution in [-0.2, 0) is 4.74 Å². The average molecular weight is 340 g/mol. The van der Waals surface area contributed by atoms with E-state index in [0.717, 1.165) is 23.9 Å². The van der Waals surface area contributed by atoms with Gasteiger partial charge in [0.2, 0.25) is 0 Å². The normalized spacial score (nSPS) is 16.2. The van der Waals surface area contributed by atoms with Crippen molar-refractivity contribution in [2.24, 2.45) is 0 Å². The fourth-order valence-corrected chi connectivity index (χ4v) is 3.50. The van der Waals surface area contributed by atoms with Crippen LogP contribution < -0.4 is 0 Å². The predicted octanol–water partition coefficient (Wildman–Crippen LogP) is 4.15. The fourth-order valence-electron chi connectivity index (χ4n) is 2.98. The van der Waals surface area contributed by atoms with E-state index in [4.69, 9.17) is 28.6 Å². The Balaban J connectivity index is 1.82. The SMILES string of the molecule is CCOC(=O)N1CCC(n2c(=S)[nH]c3ccc(Cl)cc32)CC1. The summed E-state index contributed by atoms with van der Waals surface area (Å²) in [5, 5.41) is 0.694. The van der Waals surface area contributed by atoms with Crippen molar-refractivity contribution < 1.29 is 9.53 Å². The molecule has 0 spiro atoms. The van der Waals surface area contributed by atoms with E-state index in [1.54, 1.807) is 4.90 Å². The largest absolute Gasteiger partial charge is 0.450 e. The van der Waals surface area contributed by atoms with Crippen LogP contribution >= 0.6 is 23.8 Å². The van der Waals surface area contributed by atoms with E-state index >= 15 is 0 Å². The number of amides is 1. The summed E-state index contributed by atoms with van der Waals surface area (Å²) in [6, 6.07) is 5.99. The van der Waals surface area contributed by atoms with E-state index in [9.17, 15) is 4.79 Å². The number of halogens is 1. The van der Waals surface area contributed by atoms with Gasteiger partial charge < -0.3 is 19.2 Å². The number of nitrogens with one attached hydrogen (secondary N) is 1. The number of hydrogen-bond acceptors (Lipinski definition) is 3. The Morgan fingerprint density at radius 1 is 1.45 bits per heavy atom. The maximum Gasteiger partial charge on any atom is 0.409 e. The first-order chi connectivity index (χ1) is 10.6. The summed E-state index contributed by atoms with van der Waals surface area (Å²) in [6.07, 6.45) is 1.48. The lowest BCUT2D eigenvalue weighted by Gasteiger charge is -2.32. The quantitative estimate of drug-likeness (QED) is 0.836. The number of nitrogens with zero attached hydrogens (tertiary/aromatic N) is 2. The Labute approximate surface area is 138 Å². The Morgan fingerprint density at radius 2 is 2.18 bits per heavy atom. The summed E-state index contributed by atoms with van der Waals surface area (Å²) >= 11 is 11.6. The third-order valence-corrected chi connectivity index (χ3v) is 4.57. The molecule has 1 aromatic heterocycles. The van der Waals surface area contributed by atoms with Gasteiger partial charge in [-0.05, 0) is 50.2 Å². The number of likely N-dealkylation sites (tertiary alicyclic amines) is 1. The summed E-state index contributed by atoms with van der Waals surface area (Å²) in [5.41, 5.74) is 2.01. The maximum absolute atomic E-state index is 11.8. The minimum Gasteiger partial charge on any atom is -0.450 e. The summed E-state index contributed by atoms with van der Waals surface area (Å²) in [7, 11) is 0. The number of rotatable bonds is 2. The number of benzene rings is 1. The molecule has 7 heteroatoms. The van der Waals surface area contributed by atoms with Gasteiger partial charge in [0.25, 0.3) is 0 Å². The molecule has 1 amide bonds. The molecule has 0 radical (unpaired) electrons. The van der Waals surface area contributed by atoms with Crippen LogP contribution in [0.3, 0.4) is 0 Å². The number of carbonyl (C=O) groups is 1. The van der Waals surface area contributed by atoms with Gasteiger partial charge in [-0.25, -0.2) is 4.79 Å². The molecule has 22 heavy (non-hydrogen) atoms. The van der Waals surface area contributed by atoms with E-state index in [1.807, 2.05) is 25.1 Å². The molecule has 1 aliphatic rings. The van der Waals surface area contributed by atoms with Crippen LogP contribution in [0, 0.1) is 4.77 Å². The third-order valence-electron chi connectivity index (χ3n) is 4.04. The number of hydrogen-bond donors (Lipinski definition) is 1. The minimum atomic E-state index is -0.230. The molecule has 1 aliphatic heterocycles. The lowest BCUT2D eigenvalue weighted by molar-refractivity contribution is 0.0929. The summed E-state index contributed by atoms with van der Waals surface area (Å²) in [5.74, 6) is 0. The van der Waals surface area contributed by atoms with Crippen LogP contribution in [0.15, 0.2) is 18.2 Å². The third kappa shape index (κ3) is 2.85. The van der Waals surface area contributed by atoms with Gasteiger partial charge in [0.1, 0.15) is 0 Å². The van der Waals surface area contributed by atoms with Gasteiger partial charge >= 0.3 is 6.09 Å². The standard InChI is InChI=1S/C15H18ClN3O2S/c1-2-21-15(20)18-7-5-11(6-8-18)19-13-9-10(16)3-4-12(13)17-14(19)22/h3-4,9,11H,2,5-8H2,1H3,(H,17,22). The predicted molar refractivity (Wildman–Crippen MR) is 89.0 cm³/mol. The maximum atomic E-state index is 11.8. The molecule has 0 atom stereocenters. The smallest absolute Gasteiger partial charge is 0.409 e. The minimum absolute atomic E-state index is 0.230. The Morgan fingerprint density at radius 3 is 2.86 bits per heavy atom. The molecule has 0 bridgehead atoms. The highest BCUT2D eigenvalue weighted by Gasteiger charge is 2.26. The monoisotopic (exact) mass is 339 g/mol. The zero-order valence-electron chi connectivity index (χ0n) is 12.3. The second-order valence-electron chi connectivity index (χ2n) is 5.38. The Hall–Kier alpha value is -1.53. The van der Waals surface area contributed by atoms with Crippen molar-refractivity contribution >= 4 is 40.9 Å².